The summed E-state index contributed by atoms with van der Waals surface area (Å²) < 4.78 is 0. The largest absolute Gasteiger partial charge is 0.263 e. The summed E-state index contributed by atoms with van der Waals surface area (Å²) in [4.78, 5) is 9.91. The van der Waals surface area contributed by atoms with Gasteiger partial charge >= 0.3 is 0 Å². The van der Waals surface area contributed by atoms with Gasteiger partial charge in [-0.3, -0.25) is 4.98 Å². The molecule has 0 aliphatic rings. The van der Waals surface area contributed by atoms with Crippen molar-refractivity contribution < 1.29 is 0 Å². The molecule has 2 heterocycles. The van der Waals surface area contributed by atoms with Crippen LogP contribution in [0.15, 0.2) is 200 Å². The fraction of sp³-hybridized carbons (Fsp3) is 0.0189. The van der Waals surface area contributed by atoms with Crippen LogP contribution in [0.3, 0.4) is 0 Å². The zero-order valence-electron chi connectivity index (χ0n) is 30.4. The summed E-state index contributed by atoms with van der Waals surface area (Å²) in [7, 11) is 0. The summed E-state index contributed by atoms with van der Waals surface area (Å²) in [6.07, 6.45) is 3.89. The Labute approximate surface area is 321 Å². The summed E-state index contributed by atoms with van der Waals surface area (Å²) in [6, 6.07) is 67.6. The van der Waals surface area contributed by atoms with Crippen molar-refractivity contribution in [2.24, 2.45) is 0 Å². The second kappa shape index (κ2) is 13.7. The molecule has 8 aromatic carbocycles. The van der Waals surface area contributed by atoms with Gasteiger partial charge in [-0.25, -0.2) is 4.98 Å². The molecule has 0 saturated carbocycles. The molecule has 0 unspecified atom stereocenters. The first kappa shape index (κ1) is 32.5. The Bertz CT molecular complexity index is 2990. The SMILES string of the molecule is Cc1c(-c2cc3ccccc3c3ccccc23)cc(-c2ccc(-c3ccc(-c4cncc5ccccc45)cc3)cc2)nc1-c1ccc(-c2ccccc2)cc1. The first-order chi connectivity index (χ1) is 27.2. The van der Waals surface area contributed by atoms with Crippen molar-refractivity contribution in [3.05, 3.63) is 206 Å². The van der Waals surface area contributed by atoms with Crippen LogP contribution < -0.4 is 0 Å². The van der Waals surface area contributed by atoms with Gasteiger partial charge in [0.1, 0.15) is 0 Å². The van der Waals surface area contributed by atoms with Crippen molar-refractivity contribution in [3.8, 4) is 67.0 Å². The second-order valence-electron chi connectivity index (χ2n) is 14.2. The third-order valence-electron chi connectivity index (χ3n) is 11.0. The van der Waals surface area contributed by atoms with Gasteiger partial charge in [-0.2, -0.15) is 0 Å². The van der Waals surface area contributed by atoms with Crippen LogP contribution in [-0.4, -0.2) is 9.97 Å². The molecule has 0 fully saturated rings. The summed E-state index contributed by atoms with van der Waals surface area (Å²) in [6.45, 7) is 2.22. The molecule has 0 atom stereocenters. The van der Waals surface area contributed by atoms with Crippen molar-refractivity contribution in [2.45, 2.75) is 6.92 Å². The Kier molecular flexibility index (Phi) is 8.08. The standard InChI is InChI=1S/C53H36N2/c1-35-49(50-31-43-13-5-7-15-45(43)47-17-9-10-18-48(47)50)32-52(55-53(35)42-29-23-37(24-30-42)36-11-3-2-4-12-36)41-27-21-39(22-28-41)38-19-25-40(26-20-38)51-34-54-33-44-14-6-8-16-46(44)51/h2-34H,1H3. The number of fused-ring (bicyclic) bond motifs is 4. The molecule has 0 radical (unpaired) electrons. The highest BCUT2D eigenvalue weighted by molar-refractivity contribution is 6.14. The van der Waals surface area contributed by atoms with E-state index in [1.807, 2.05) is 12.4 Å². The molecular formula is C53H36N2. The van der Waals surface area contributed by atoms with Gasteiger partial charge in [0.2, 0.25) is 0 Å². The molecule has 258 valence electrons. The summed E-state index contributed by atoms with van der Waals surface area (Å²) in [5.74, 6) is 0. The minimum absolute atomic E-state index is 0.949. The van der Waals surface area contributed by atoms with Gasteiger partial charge in [0.25, 0.3) is 0 Å². The quantitative estimate of drug-likeness (QED) is 0.161. The van der Waals surface area contributed by atoms with E-state index in [9.17, 15) is 0 Å². The molecule has 0 amide bonds. The smallest absolute Gasteiger partial charge is 0.0744 e. The van der Waals surface area contributed by atoms with E-state index in [1.165, 1.54) is 54.7 Å². The molecule has 0 aliphatic heterocycles. The zero-order valence-corrected chi connectivity index (χ0v) is 30.4. The third-order valence-corrected chi connectivity index (χ3v) is 11.0. The predicted molar refractivity (Wildman–Crippen MR) is 232 cm³/mol. The molecule has 55 heavy (non-hydrogen) atoms. The van der Waals surface area contributed by atoms with Crippen LogP contribution in [-0.2, 0) is 0 Å². The molecule has 0 bridgehead atoms. The molecule has 2 nitrogen and oxygen atoms in total. The third kappa shape index (κ3) is 5.95. The molecule has 0 saturated heterocycles. The minimum Gasteiger partial charge on any atom is -0.263 e. The summed E-state index contributed by atoms with van der Waals surface area (Å²) in [5.41, 5.74) is 14.7. The Hall–Kier alpha value is -7.16. The lowest BCUT2D eigenvalue weighted by molar-refractivity contribution is 1.27. The van der Waals surface area contributed by atoms with Gasteiger partial charge < -0.3 is 0 Å². The maximum atomic E-state index is 5.41. The molecule has 2 heteroatoms. The van der Waals surface area contributed by atoms with Crippen molar-refractivity contribution >= 4 is 32.3 Å². The number of pyridine rings is 2. The van der Waals surface area contributed by atoms with Gasteiger partial charge in [-0.15, -0.1) is 0 Å². The van der Waals surface area contributed by atoms with Crippen LogP contribution in [0.25, 0.3) is 99.3 Å². The number of rotatable bonds is 6. The van der Waals surface area contributed by atoms with Crippen molar-refractivity contribution in [1.82, 2.24) is 9.97 Å². The highest BCUT2D eigenvalue weighted by Crippen LogP contribution is 2.41. The first-order valence-corrected chi connectivity index (χ1v) is 18.8. The van der Waals surface area contributed by atoms with Crippen molar-refractivity contribution in [2.75, 3.05) is 0 Å². The number of hydrogen-bond donors (Lipinski definition) is 0. The van der Waals surface area contributed by atoms with E-state index in [4.69, 9.17) is 4.98 Å². The maximum absolute atomic E-state index is 5.41. The Morgan fingerprint density at radius 2 is 0.836 bits per heavy atom. The normalized spacial score (nSPS) is 11.4. The van der Waals surface area contributed by atoms with Crippen molar-refractivity contribution in [3.63, 3.8) is 0 Å². The van der Waals surface area contributed by atoms with Crippen LogP contribution in [0, 0.1) is 6.92 Å². The maximum Gasteiger partial charge on any atom is 0.0744 e. The lowest BCUT2D eigenvalue weighted by atomic mass is 9.89. The molecule has 10 rings (SSSR count). The topological polar surface area (TPSA) is 25.8 Å². The van der Waals surface area contributed by atoms with Gasteiger partial charge in [0.15, 0.2) is 0 Å². The van der Waals surface area contributed by atoms with E-state index < -0.39 is 0 Å². The zero-order chi connectivity index (χ0) is 36.7. The molecule has 0 aliphatic carbocycles. The van der Waals surface area contributed by atoms with Crippen LogP contribution in [0.1, 0.15) is 5.56 Å². The number of nitrogens with zero attached hydrogens (tertiary/aromatic N) is 2. The lowest BCUT2D eigenvalue weighted by Gasteiger charge is -2.18. The van der Waals surface area contributed by atoms with E-state index in [-0.39, 0.29) is 0 Å². The van der Waals surface area contributed by atoms with Gasteiger partial charge in [-0.1, -0.05) is 176 Å². The monoisotopic (exact) mass is 700 g/mol. The summed E-state index contributed by atoms with van der Waals surface area (Å²) >= 11 is 0. The number of aromatic nitrogens is 2. The van der Waals surface area contributed by atoms with E-state index >= 15 is 0 Å². The van der Waals surface area contributed by atoms with Gasteiger partial charge in [-0.05, 0) is 90.5 Å². The predicted octanol–water partition coefficient (Wildman–Crippen LogP) is 14.2. The Morgan fingerprint density at radius 3 is 1.53 bits per heavy atom. The van der Waals surface area contributed by atoms with Crippen LogP contribution >= 0.6 is 0 Å². The molecule has 0 N–H and O–H groups in total. The number of hydrogen-bond acceptors (Lipinski definition) is 2. The lowest BCUT2D eigenvalue weighted by Crippen LogP contribution is -1.97. The van der Waals surface area contributed by atoms with E-state index in [1.54, 1.807) is 0 Å². The van der Waals surface area contributed by atoms with Crippen LogP contribution in [0.4, 0.5) is 0 Å². The Morgan fingerprint density at radius 1 is 0.327 bits per heavy atom. The molecule has 10 aromatic rings. The highest BCUT2D eigenvalue weighted by atomic mass is 14.7. The average Bonchev–Trinajstić information content (AvgIpc) is 3.26. The van der Waals surface area contributed by atoms with Crippen LogP contribution in [0.5, 0.6) is 0 Å². The second-order valence-corrected chi connectivity index (χ2v) is 14.2. The van der Waals surface area contributed by atoms with Gasteiger partial charge in [0, 0.05) is 34.5 Å². The van der Waals surface area contributed by atoms with Crippen LogP contribution in [0.2, 0.25) is 0 Å². The fourth-order valence-corrected chi connectivity index (χ4v) is 8.07. The fourth-order valence-electron chi connectivity index (χ4n) is 8.07. The summed E-state index contributed by atoms with van der Waals surface area (Å²) in [5, 5.41) is 7.35. The minimum atomic E-state index is 0.949. The highest BCUT2D eigenvalue weighted by Gasteiger charge is 2.17. The molecular weight excluding hydrogens is 665 g/mol. The van der Waals surface area contributed by atoms with E-state index in [0.29, 0.717) is 0 Å². The Balaban J connectivity index is 1.07. The molecule has 0 spiro atoms. The van der Waals surface area contributed by atoms with E-state index in [0.717, 1.165) is 50.2 Å². The average molecular weight is 701 g/mol. The van der Waals surface area contributed by atoms with E-state index in [2.05, 4.69) is 200 Å². The first-order valence-electron chi connectivity index (χ1n) is 18.8. The molecule has 2 aromatic heterocycles. The van der Waals surface area contributed by atoms with Gasteiger partial charge in [0.05, 0.1) is 11.4 Å². The van der Waals surface area contributed by atoms with Crippen molar-refractivity contribution in [1.29, 1.82) is 0 Å². The number of benzene rings is 8.